The molecule has 1 saturated heterocycles. The highest BCUT2D eigenvalue weighted by Crippen LogP contribution is 2.37. The van der Waals surface area contributed by atoms with Gasteiger partial charge in [-0.15, -0.1) is 0 Å². The van der Waals surface area contributed by atoms with Crippen molar-refractivity contribution in [2.24, 2.45) is 0 Å². The summed E-state index contributed by atoms with van der Waals surface area (Å²) >= 11 is 0. The maximum absolute atomic E-state index is 10.0. The molecule has 122 valence electrons. The van der Waals surface area contributed by atoms with Gasteiger partial charge in [0, 0.05) is 23.7 Å². The molecule has 0 aromatic heterocycles. The Hall–Kier alpha value is -0.120. The first-order valence-electron chi connectivity index (χ1n) is 9.40. The summed E-state index contributed by atoms with van der Waals surface area (Å²) in [7, 11) is 0. The molecule has 3 nitrogen and oxygen atoms in total. The highest BCUT2D eigenvalue weighted by atomic mass is 16.3. The van der Waals surface area contributed by atoms with Crippen LogP contribution in [0, 0.1) is 0 Å². The van der Waals surface area contributed by atoms with Crippen LogP contribution in [0.1, 0.15) is 77.6 Å². The fraction of sp³-hybridized carbons (Fsp3) is 1.00. The number of hydrogen-bond donors (Lipinski definition) is 2. The molecule has 2 N–H and O–H groups in total. The summed E-state index contributed by atoms with van der Waals surface area (Å²) in [5.41, 5.74) is 0.0261. The fourth-order valence-corrected chi connectivity index (χ4v) is 4.74. The van der Waals surface area contributed by atoms with Gasteiger partial charge in [-0.25, -0.2) is 0 Å². The van der Waals surface area contributed by atoms with Crippen molar-refractivity contribution in [3.63, 3.8) is 0 Å². The van der Waals surface area contributed by atoms with Gasteiger partial charge in [0.05, 0.1) is 6.61 Å². The normalized spacial score (nSPS) is 38.6. The largest absolute Gasteiger partial charge is 0.394 e. The van der Waals surface area contributed by atoms with Crippen molar-refractivity contribution in [3.05, 3.63) is 0 Å². The standard InChI is InChI=1S/C18H34N2O/c1-2-6-16-7-3-4-12-20(16)17-8-5-11-18(13-17,14-21)19-15-9-10-15/h15-17,19,21H,2-14H2,1H3. The van der Waals surface area contributed by atoms with E-state index in [4.69, 9.17) is 0 Å². The second-order valence-corrected chi connectivity index (χ2v) is 7.78. The molecule has 1 aliphatic heterocycles. The van der Waals surface area contributed by atoms with Crippen LogP contribution in [-0.4, -0.2) is 46.8 Å². The number of nitrogens with one attached hydrogen (secondary N) is 1. The average Bonchev–Trinajstić information content (AvgIpc) is 3.32. The second-order valence-electron chi connectivity index (χ2n) is 7.78. The van der Waals surface area contributed by atoms with E-state index in [1.165, 1.54) is 77.2 Å². The number of rotatable bonds is 6. The summed E-state index contributed by atoms with van der Waals surface area (Å²) < 4.78 is 0. The SMILES string of the molecule is CCCC1CCCCN1C1CCCC(CO)(NC2CC2)C1. The number of nitrogens with zero attached hydrogens (tertiary/aromatic N) is 1. The van der Waals surface area contributed by atoms with E-state index in [0.717, 1.165) is 6.04 Å². The zero-order chi connectivity index (χ0) is 14.7. The highest BCUT2D eigenvalue weighted by Gasteiger charge is 2.42. The smallest absolute Gasteiger partial charge is 0.0613 e. The van der Waals surface area contributed by atoms with Gasteiger partial charge in [-0.2, -0.15) is 0 Å². The molecule has 3 atom stereocenters. The first-order valence-corrected chi connectivity index (χ1v) is 9.40. The van der Waals surface area contributed by atoms with Gasteiger partial charge >= 0.3 is 0 Å². The Balaban J connectivity index is 1.65. The molecule has 3 rings (SSSR count). The molecule has 21 heavy (non-hydrogen) atoms. The molecule has 3 fully saturated rings. The average molecular weight is 294 g/mol. The zero-order valence-electron chi connectivity index (χ0n) is 13.8. The van der Waals surface area contributed by atoms with Crippen molar-refractivity contribution in [1.29, 1.82) is 0 Å². The Morgan fingerprint density at radius 1 is 1.14 bits per heavy atom. The van der Waals surface area contributed by atoms with E-state index in [1.807, 2.05) is 0 Å². The van der Waals surface area contributed by atoms with Crippen molar-refractivity contribution < 1.29 is 5.11 Å². The van der Waals surface area contributed by atoms with Gasteiger partial charge < -0.3 is 10.4 Å². The molecule has 0 aromatic rings. The van der Waals surface area contributed by atoms with Crippen LogP contribution >= 0.6 is 0 Å². The quantitative estimate of drug-likeness (QED) is 0.790. The van der Waals surface area contributed by atoms with Crippen LogP contribution in [0.15, 0.2) is 0 Å². The predicted octanol–water partition coefficient (Wildman–Crippen LogP) is 3.07. The van der Waals surface area contributed by atoms with Gasteiger partial charge in [-0.05, 0) is 64.3 Å². The Morgan fingerprint density at radius 2 is 2.00 bits per heavy atom. The monoisotopic (exact) mass is 294 g/mol. The van der Waals surface area contributed by atoms with E-state index in [2.05, 4.69) is 17.1 Å². The van der Waals surface area contributed by atoms with E-state index in [1.54, 1.807) is 0 Å². The van der Waals surface area contributed by atoms with Crippen molar-refractivity contribution in [3.8, 4) is 0 Å². The predicted molar refractivity (Wildman–Crippen MR) is 87.5 cm³/mol. The third kappa shape index (κ3) is 3.80. The molecular formula is C18H34N2O. The van der Waals surface area contributed by atoms with Crippen LogP contribution in [0.5, 0.6) is 0 Å². The Bertz CT molecular complexity index is 329. The molecule has 0 bridgehead atoms. The van der Waals surface area contributed by atoms with Crippen molar-refractivity contribution in [2.45, 2.75) is 101 Å². The van der Waals surface area contributed by atoms with E-state index >= 15 is 0 Å². The van der Waals surface area contributed by atoms with Crippen molar-refractivity contribution in [1.82, 2.24) is 10.2 Å². The first-order chi connectivity index (χ1) is 10.3. The van der Waals surface area contributed by atoms with Gasteiger partial charge in [0.2, 0.25) is 0 Å². The summed E-state index contributed by atoms with van der Waals surface area (Å²) in [5, 5.41) is 13.8. The minimum absolute atomic E-state index is 0.0261. The van der Waals surface area contributed by atoms with Gasteiger partial charge in [0.25, 0.3) is 0 Å². The van der Waals surface area contributed by atoms with Crippen molar-refractivity contribution >= 4 is 0 Å². The highest BCUT2D eigenvalue weighted by molar-refractivity contribution is 5.01. The lowest BCUT2D eigenvalue weighted by Gasteiger charge is -2.48. The maximum atomic E-state index is 10.0. The molecule has 3 aliphatic rings. The first kappa shape index (κ1) is 15.8. The molecule has 2 aliphatic carbocycles. The summed E-state index contributed by atoms with van der Waals surface area (Å²) in [4.78, 5) is 2.82. The van der Waals surface area contributed by atoms with Crippen LogP contribution < -0.4 is 5.32 Å². The van der Waals surface area contributed by atoms with Gasteiger partial charge in [0.15, 0.2) is 0 Å². The van der Waals surface area contributed by atoms with Crippen LogP contribution in [0.4, 0.5) is 0 Å². The minimum Gasteiger partial charge on any atom is -0.394 e. The van der Waals surface area contributed by atoms with Crippen LogP contribution in [0.3, 0.4) is 0 Å². The zero-order valence-corrected chi connectivity index (χ0v) is 13.8. The van der Waals surface area contributed by atoms with E-state index < -0.39 is 0 Å². The van der Waals surface area contributed by atoms with E-state index in [-0.39, 0.29) is 5.54 Å². The van der Waals surface area contributed by atoms with E-state index in [0.29, 0.717) is 18.7 Å². The third-order valence-corrected chi connectivity index (χ3v) is 5.97. The third-order valence-electron chi connectivity index (χ3n) is 5.97. The Morgan fingerprint density at radius 3 is 2.71 bits per heavy atom. The number of hydrogen-bond acceptors (Lipinski definition) is 3. The molecule has 3 unspecified atom stereocenters. The topological polar surface area (TPSA) is 35.5 Å². The molecular weight excluding hydrogens is 260 g/mol. The van der Waals surface area contributed by atoms with Crippen LogP contribution in [-0.2, 0) is 0 Å². The summed E-state index contributed by atoms with van der Waals surface area (Å²) in [6.07, 6.45) is 14.4. The number of aliphatic hydroxyl groups excluding tert-OH is 1. The minimum atomic E-state index is 0.0261. The molecule has 0 spiro atoms. The molecule has 1 heterocycles. The second kappa shape index (κ2) is 6.97. The fourth-order valence-electron chi connectivity index (χ4n) is 4.74. The lowest BCUT2D eigenvalue weighted by Crippen LogP contribution is -2.58. The molecule has 0 aromatic carbocycles. The Kier molecular flexibility index (Phi) is 5.23. The lowest BCUT2D eigenvalue weighted by molar-refractivity contribution is 0.0199. The van der Waals surface area contributed by atoms with Gasteiger partial charge in [-0.1, -0.05) is 19.8 Å². The number of aliphatic hydroxyl groups is 1. The van der Waals surface area contributed by atoms with Gasteiger partial charge in [0.1, 0.15) is 0 Å². The molecule has 0 radical (unpaired) electrons. The lowest BCUT2D eigenvalue weighted by atomic mass is 9.77. The van der Waals surface area contributed by atoms with Crippen molar-refractivity contribution in [2.75, 3.05) is 13.2 Å². The number of likely N-dealkylation sites (tertiary alicyclic amines) is 1. The van der Waals surface area contributed by atoms with E-state index in [9.17, 15) is 5.11 Å². The van der Waals surface area contributed by atoms with Crippen LogP contribution in [0.2, 0.25) is 0 Å². The van der Waals surface area contributed by atoms with Crippen LogP contribution in [0.25, 0.3) is 0 Å². The molecule has 3 heteroatoms. The summed E-state index contributed by atoms with van der Waals surface area (Å²) in [6, 6.07) is 2.21. The maximum Gasteiger partial charge on any atom is 0.0613 e. The Labute approximate surface area is 130 Å². The molecule has 2 saturated carbocycles. The van der Waals surface area contributed by atoms with Gasteiger partial charge in [-0.3, -0.25) is 4.90 Å². The summed E-state index contributed by atoms with van der Waals surface area (Å²) in [5.74, 6) is 0. The molecule has 0 amide bonds. The summed E-state index contributed by atoms with van der Waals surface area (Å²) in [6.45, 7) is 3.94. The number of piperidine rings is 1.